The average Bonchev–Trinajstić information content (AvgIpc) is 2.47. The van der Waals surface area contributed by atoms with Crippen molar-refractivity contribution in [1.82, 2.24) is 0 Å². The summed E-state index contributed by atoms with van der Waals surface area (Å²) in [5.74, 6) is -0.904. The molecule has 0 spiro atoms. The fourth-order valence-corrected chi connectivity index (χ4v) is 3.37. The lowest BCUT2D eigenvalue weighted by Gasteiger charge is -2.19. The van der Waals surface area contributed by atoms with Gasteiger partial charge < -0.3 is 5.11 Å². The molecule has 0 saturated carbocycles. The number of fused-ring (bicyclic) bond motifs is 2. The molecule has 0 radical (unpaired) electrons. The first kappa shape index (κ1) is 13.8. The van der Waals surface area contributed by atoms with Gasteiger partial charge in [0, 0.05) is 20.2 Å². The van der Waals surface area contributed by atoms with E-state index in [0.29, 0.717) is 16.3 Å². The molecule has 0 amide bonds. The quantitative estimate of drug-likeness (QED) is 0.733. The highest BCUT2D eigenvalue weighted by molar-refractivity contribution is 7.24. The lowest BCUT2D eigenvalue weighted by Crippen LogP contribution is -2.28. The molecule has 0 aliphatic rings. The van der Waals surface area contributed by atoms with E-state index in [1.807, 2.05) is 30.3 Å². The van der Waals surface area contributed by atoms with E-state index in [0.717, 1.165) is 9.40 Å². The van der Waals surface area contributed by atoms with E-state index in [2.05, 4.69) is 0 Å². The third-order valence-corrected chi connectivity index (χ3v) is 4.98. The number of carbonyl (C=O) groups is 1. The number of rotatable bonds is 2. The molecular formula is C17H14O3S. The molecule has 0 aliphatic heterocycles. The predicted octanol–water partition coefficient (Wildman–Crippen LogP) is 3.78. The highest BCUT2D eigenvalue weighted by atomic mass is 32.1. The Balaban J connectivity index is 2.37. The van der Waals surface area contributed by atoms with Crippen LogP contribution < -0.4 is 5.43 Å². The van der Waals surface area contributed by atoms with E-state index in [4.69, 9.17) is 0 Å². The number of hydrogen-bond acceptors (Lipinski definition) is 3. The van der Waals surface area contributed by atoms with Crippen molar-refractivity contribution in [3.63, 3.8) is 0 Å². The molecule has 106 valence electrons. The molecule has 2 aromatic carbocycles. The summed E-state index contributed by atoms with van der Waals surface area (Å²) in [6.45, 7) is 3.29. The summed E-state index contributed by atoms with van der Waals surface area (Å²) in [5.41, 5.74) is -0.416. The van der Waals surface area contributed by atoms with Gasteiger partial charge in [0.15, 0.2) is 5.43 Å². The van der Waals surface area contributed by atoms with Crippen molar-refractivity contribution in [2.24, 2.45) is 0 Å². The lowest BCUT2D eigenvalue weighted by molar-refractivity contribution is -0.142. The molecule has 21 heavy (non-hydrogen) atoms. The zero-order chi connectivity index (χ0) is 15.2. The van der Waals surface area contributed by atoms with Crippen LogP contribution in [0.15, 0.2) is 47.3 Å². The van der Waals surface area contributed by atoms with Gasteiger partial charge in [-0.15, -0.1) is 11.3 Å². The Morgan fingerprint density at radius 2 is 1.71 bits per heavy atom. The lowest BCUT2D eigenvalue weighted by atomic mass is 9.84. The molecule has 4 heteroatoms. The molecule has 0 bridgehead atoms. The average molecular weight is 298 g/mol. The Morgan fingerprint density at radius 1 is 1.05 bits per heavy atom. The van der Waals surface area contributed by atoms with E-state index in [1.165, 1.54) is 0 Å². The number of carboxylic acids is 1. The van der Waals surface area contributed by atoms with Crippen LogP contribution in [0.4, 0.5) is 0 Å². The van der Waals surface area contributed by atoms with Crippen LogP contribution in [0.2, 0.25) is 0 Å². The van der Waals surface area contributed by atoms with E-state index in [-0.39, 0.29) is 5.43 Å². The molecule has 1 aromatic heterocycles. The van der Waals surface area contributed by atoms with Crippen molar-refractivity contribution in [3.05, 3.63) is 58.3 Å². The summed E-state index contributed by atoms with van der Waals surface area (Å²) in [7, 11) is 0. The largest absolute Gasteiger partial charge is 0.481 e. The van der Waals surface area contributed by atoms with Crippen LogP contribution in [0.1, 0.15) is 19.4 Å². The van der Waals surface area contributed by atoms with Crippen molar-refractivity contribution in [2.45, 2.75) is 19.3 Å². The van der Waals surface area contributed by atoms with Crippen molar-refractivity contribution in [2.75, 3.05) is 0 Å². The highest BCUT2D eigenvalue weighted by Crippen LogP contribution is 2.29. The zero-order valence-electron chi connectivity index (χ0n) is 11.7. The number of hydrogen-bond donors (Lipinski definition) is 1. The number of aliphatic carboxylic acids is 1. The Bertz CT molecular complexity index is 922. The number of carboxylic acid groups (broad SMARTS) is 1. The first-order valence-electron chi connectivity index (χ1n) is 6.61. The summed E-state index contributed by atoms with van der Waals surface area (Å²) < 4.78 is 1.82. The van der Waals surface area contributed by atoms with Gasteiger partial charge in [0.05, 0.1) is 5.41 Å². The first-order valence-corrected chi connectivity index (χ1v) is 7.42. The first-order chi connectivity index (χ1) is 9.91. The minimum Gasteiger partial charge on any atom is -0.481 e. The summed E-state index contributed by atoms with van der Waals surface area (Å²) >= 11 is 1.55. The third kappa shape index (κ3) is 2.12. The molecule has 3 aromatic rings. The van der Waals surface area contributed by atoms with Crippen LogP contribution in [-0.2, 0) is 10.2 Å². The molecule has 1 heterocycles. The fourth-order valence-electron chi connectivity index (χ4n) is 2.32. The van der Waals surface area contributed by atoms with Crippen LogP contribution in [0.5, 0.6) is 0 Å². The molecule has 0 saturated heterocycles. The number of benzene rings is 2. The van der Waals surface area contributed by atoms with E-state index in [9.17, 15) is 14.7 Å². The molecule has 3 nitrogen and oxygen atoms in total. The summed E-state index contributed by atoms with van der Waals surface area (Å²) in [5, 5.41) is 10.6. The van der Waals surface area contributed by atoms with Crippen molar-refractivity contribution in [3.8, 4) is 0 Å². The van der Waals surface area contributed by atoms with Gasteiger partial charge in [0.1, 0.15) is 0 Å². The Hall–Kier alpha value is -2.20. The van der Waals surface area contributed by atoms with Gasteiger partial charge in [0.2, 0.25) is 0 Å². The molecule has 0 aliphatic carbocycles. The summed E-state index contributed by atoms with van der Waals surface area (Å²) in [4.78, 5) is 24.0. The molecule has 0 unspecified atom stereocenters. The van der Waals surface area contributed by atoms with Gasteiger partial charge in [0.25, 0.3) is 0 Å². The topological polar surface area (TPSA) is 54.4 Å². The Labute approximate surface area is 125 Å². The van der Waals surface area contributed by atoms with Crippen molar-refractivity contribution < 1.29 is 9.90 Å². The van der Waals surface area contributed by atoms with Gasteiger partial charge in [-0.3, -0.25) is 9.59 Å². The van der Waals surface area contributed by atoms with Gasteiger partial charge in [-0.2, -0.15) is 0 Å². The van der Waals surface area contributed by atoms with Crippen LogP contribution in [0, 0.1) is 0 Å². The SMILES string of the molecule is CC(C)(C(=O)O)c1ccc2sc3ccccc3c(=O)c2c1. The maximum Gasteiger partial charge on any atom is 0.313 e. The summed E-state index contributed by atoms with van der Waals surface area (Å²) in [6, 6.07) is 12.8. The van der Waals surface area contributed by atoms with E-state index < -0.39 is 11.4 Å². The second-order valence-corrected chi connectivity index (χ2v) is 6.65. The van der Waals surface area contributed by atoms with Crippen LogP contribution in [0.3, 0.4) is 0 Å². The second-order valence-electron chi connectivity index (χ2n) is 5.57. The van der Waals surface area contributed by atoms with Crippen molar-refractivity contribution in [1.29, 1.82) is 0 Å². The van der Waals surface area contributed by atoms with Crippen LogP contribution in [0.25, 0.3) is 20.2 Å². The van der Waals surface area contributed by atoms with Gasteiger partial charge >= 0.3 is 5.97 Å². The van der Waals surface area contributed by atoms with Crippen LogP contribution in [-0.4, -0.2) is 11.1 Å². The van der Waals surface area contributed by atoms with Crippen LogP contribution >= 0.6 is 11.3 Å². The minimum atomic E-state index is -1.02. The minimum absolute atomic E-state index is 0.0395. The molecule has 0 atom stereocenters. The van der Waals surface area contributed by atoms with Crippen molar-refractivity contribution >= 4 is 37.5 Å². The molecular weight excluding hydrogens is 284 g/mol. The Morgan fingerprint density at radius 3 is 2.43 bits per heavy atom. The normalized spacial score (nSPS) is 11.9. The van der Waals surface area contributed by atoms with Gasteiger partial charge in [-0.25, -0.2) is 0 Å². The molecule has 0 fully saturated rings. The maximum absolute atomic E-state index is 12.6. The molecule has 1 N–H and O–H groups in total. The van der Waals surface area contributed by atoms with Gasteiger partial charge in [-0.1, -0.05) is 18.2 Å². The second kappa shape index (κ2) is 4.67. The fraction of sp³-hybridized carbons (Fsp3) is 0.176. The Kier molecular flexibility index (Phi) is 3.06. The monoisotopic (exact) mass is 298 g/mol. The highest BCUT2D eigenvalue weighted by Gasteiger charge is 2.29. The molecule has 3 rings (SSSR count). The summed E-state index contributed by atoms with van der Waals surface area (Å²) in [6.07, 6.45) is 0. The van der Waals surface area contributed by atoms with E-state index in [1.54, 1.807) is 37.3 Å². The maximum atomic E-state index is 12.6. The standard InChI is InChI=1S/C17H14O3S/c1-17(2,16(19)20)10-7-8-14-12(9-10)15(18)11-5-3-4-6-13(11)21-14/h3-9H,1-2H3,(H,19,20). The zero-order valence-corrected chi connectivity index (χ0v) is 12.5. The third-order valence-electron chi connectivity index (χ3n) is 3.83. The van der Waals surface area contributed by atoms with E-state index >= 15 is 0 Å². The predicted molar refractivity (Wildman–Crippen MR) is 86.3 cm³/mol. The van der Waals surface area contributed by atoms with Gasteiger partial charge in [-0.05, 0) is 43.7 Å². The smallest absolute Gasteiger partial charge is 0.313 e.